The maximum absolute atomic E-state index is 12.4. The van der Waals surface area contributed by atoms with E-state index in [2.05, 4.69) is 11.9 Å². The van der Waals surface area contributed by atoms with Gasteiger partial charge in [0.1, 0.15) is 0 Å². The number of benzene rings is 1. The Morgan fingerprint density at radius 2 is 1.90 bits per heavy atom. The first-order valence-electron chi connectivity index (χ1n) is 7.31. The lowest BCUT2D eigenvalue weighted by Crippen LogP contribution is -2.33. The molecule has 0 aromatic heterocycles. The third-order valence-corrected chi connectivity index (χ3v) is 5.88. The van der Waals surface area contributed by atoms with Gasteiger partial charge in [0.05, 0.1) is 5.75 Å². The van der Waals surface area contributed by atoms with Crippen molar-refractivity contribution < 1.29 is 8.42 Å². The highest BCUT2D eigenvalue weighted by atomic mass is 32.2. The molecule has 1 aliphatic rings. The number of likely N-dealkylation sites (tertiary alicyclic amines) is 1. The van der Waals surface area contributed by atoms with E-state index >= 15 is 0 Å². The van der Waals surface area contributed by atoms with Crippen LogP contribution in [0.3, 0.4) is 0 Å². The smallest absolute Gasteiger partial charge is 0.218 e. The molecular weight excluding hydrogens is 286 g/mol. The molecule has 1 aromatic carbocycles. The monoisotopic (exact) mass is 311 g/mol. The molecule has 1 heterocycles. The van der Waals surface area contributed by atoms with Gasteiger partial charge in [-0.25, -0.2) is 12.7 Å². The van der Waals surface area contributed by atoms with Gasteiger partial charge in [0, 0.05) is 26.7 Å². The minimum Gasteiger partial charge on any atom is -0.326 e. The van der Waals surface area contributed by atoms with Crippen molar-refractivity contribution in [1.29, 1.82) is 0 Å². The highest BCUT2D eigenvalue weighted by molar-refractivity contribution is 7.88. The minimum atomic E-state index is -3.25. The minimum absolute atomic E-state index is 0.0525. The summed E-state index contributed by atoms with van der Waals surface area (Å²) in [5.41, 5.74) is 7.37. The van der Waals surface area contributed by atoms with Gasteiger partial charge in [-0.2, -0.15) is 0 Å². The second-order valence-corrected chi connectivity index (χ2v) is 8.05. The lowest BCUT2D eigenvalue weighted by molar-refractivity contribution is 0.356. The van der Waals surface area contributed by atoms with Crippen LogP contribution in [0.5, 0.6) is 0 Å². The fourth-order valence-electron chi connectivity index (χ4n) is 2.74. The highest BCUT2D eigenvalue weighted by Gasteiger charge is 2.26. The van der Waals surface area contributed by atoms with Crippen molar-refractivity contribution in [3.05, 3.63) is 35.4 Å². The lowest BCUT2D eigenvalue weighted by atomic mass is 10.1. The zero-order valence-electron chi connectivity index (χ0n) is 12.8. The van der Waals surface area contributed by atoms with Crippen molar-refractivity contribution in [3.8, 4) is 0 Å². The number of hydrogen-bond acceptors (Lipinski definition) is 4. The van der Waals surface area contributed by atoms with E-state index in [9.17, 15) is 8.42 Å². The first-order chi connectivity index (χ1) is 9.90. The van der Waals surface area contributed by atoms with E-state index in [4.69, 9.17) is 5.73 Å². The van der Waals surface area contributed by atoms with E-state index in [0.717, 1.165) is 30.6 Å². The largest absolute Gasteiger partial charge is 0.326 e. The standard InChI is InChI=1S/C15H25N3O2S/c1-17-8-7-15(10-17)11-18(2)21(19,20)12-14-5-3-13(9-16)4-6-14/h3-6,15H,7-12,16H2,1-2H3. The van der Waals surface area contributed by atoms with Crippen LogP contribution in [0.15, 0.2) is 24.3 Å². The summed E-state index contributed by atoms with van der Waals surface area (Å²) in [7, 11) is 0.505. The summed E-state index contributed by atoms with van der Waals surface area (Å²) in [5.74, 6) is 0.492. The van der Waals surface area contributed by atoms with Crippen molar-refractivity contribution in [3.63, 3.8) is 0 Å². The van der Waals surface area contributed by atoms with Gasteiger partial charge in [-0.3, -0.25) is 0 Å². The predicted octanol–water partition coefficient (Wildman–Crippen LogP) is 0.859. The van der Waals surface area contributed by atoms with Crippen LogP contribution in [-0.4, -0.2) is 51.4 Å². The van der Waals surface area contributed by atoms with Crippen LogP contribution in [0.25, 0.3) is 0 Å². The van der Waals surface area contributed by atoms with E-state index in [-0.39, 0.29) is 5.75 Å². The van der Waals surface area contributed by atoms with Crippen LogP contribution in [-0.2, 0) is 22.3 Å². The first kappa shape index (κ1) is 16.4. The lowest BCUT2D eigenvalue weighted by Gasteiger charge is -2.21. The highest BCUT2D eigenvalue weighted by Crippen LogP contribution is 2.18. The number of nitrogens with zero attached hydrogens (tertiary/aromatic N) is 2. The van der Waals surface area contributed by atoms with Crippen molar-refractivity contribution in [1.82, 2.24) is 9.21 Å². The summed E-state index contributed by atoms with van der Waals surface area (Å²) in [6.07, 6.45) is 1.07. The van der Waals surface area contributed by atoms with Gasteiger partial charge in [-0.1, -0.05) is 24.3 Å². The average molecular weight is 311 g/mol. The summed E-state index contributed by atoms with van der Waals surface area (Å²) >= 11 is 0. The average Bonchev–Trinajstić information content (AvgIpc) is 2.84. The molecule has 2 N–H and O–H groups in total. The van der Waals surface area contributed by atoms with Gasteiger partial charge in [0.2, 0.25) is 10.0 Å². The predicted molar refractivity (Wildman–Crippen MR) is 85.2 cm³/mol. The van der Waals surface area contributed by atoms with E-state index in [1.54, 1.807) is 7.05 Å². The Bertz CT molecular complexity index is 557. The number of hydrogen-bond donors (Lipinski definition) is 1. The molecule has 1 aliphatic heterocycles. The molecule has 0 bridgehead atoms. The van der Waals surface area contributed by atoms with Gasteiger partial charge >= 0.3 is 0 Å². The summed E-state index contributed by atoms with van der Waals surface area (Å²) in [4.78, 5) is 2.25. The van der Waals surface area contributed by atoms with Crippen LogP contribution < -0.4 is 5.73 Å². The molecule has 118 valence electrons. The molecule has 0 radical (unpaired) electrons. The van der Waals surface area contributed by atoms with Gasteiger partial charge < -0.3 is 10.6 Å². The van der Waals surface area contributed by atoms with Gasteiger partial charge in [0.25, 0.3) is 0 Å². The quantitative estimate of drug-likeness (QED) is 0.846. The summed E-state index contributed by atoms with van der Waals surface area (Å²) in [6.45, 7) is 3.11. The number of nitrogens with two attached hydrogens (primary N) is 1. The van der Waals surface area contributed by atoms with Crippen molar-refractivity contribution in [2.24, 2.45) is 11.7 Å². The second-order valence-electron chi connectivity index (χ2n) is 5.97. The molecule has 0 aliphatic carbocycles. The Morgan fingerprint density at radius 1 is 1.29 bits per heavy atom. The summed E-state index contributed by atoms with van der Waals surface area (Å²) in [6, 6.07) is 7.46. The maximum Gasteiger partial charge on any atom is 0.218 e. The Morgan fingerprint density at radius 3 is 2.43 bits per heavy atom. The van der Waals surface area contributed by atoms with Gasteiger partial charge in [0.15, 0.2) is 0 Å². The van der Waals surface area contributed by atoms with E-state index < -0.39 is 10.0 Å². The zero-order valence-corrected chi connectivity index (χ0v) is 13.6. The molecule has 0 amide bonds. The van der Waals surface area contributed by atoms with Gasteiger partial charge in [-0.15, -0.1) is 0 Å². The third-order valence-electron chi connectivity index (χ3n) is 4.09. The molecule has 5 nitrogen and oxygen atoms in total. The van der Waals surface area contributed by atoms with Crippen LogP contribution in [0.4, 0.5) is 0 Å². The number of rotatable bonds is 6. The number of sulfonamides is 1. The van der Waals surface area contributed by atoms with Crippen LogP contribution >= 0.6 is 0 Å². The second kappa shape index (κ2) is 6.87. The normalized spacial score (nSPS) is 20.3. The Labute approximate surface area is 127 Å². The molecule has 1 saturated heterocycles. The molecule has 1 unspecified atom stereocenters. The fraction of sp³-hybridized carbons (Fsp3) is 0.600. The molecule has 0 spiro atoms. The SMILES string of the molecule is CN1CCC(CN(C)S(=O)(=O)Cc2ccc(CN)cc2)C1. The third kappa shape index (κ3) is 4.51. The fourth-order valence-corrected chi connectivity index (χ4v) is 4.02. The van der Waals surface area contributed by atoms with Crippen LogP contribution in [0.2, 0.25) is 0 Å². The molecule has 1 atom stereocenters. The van der Waals surface area contributed by atoms with Crippen LogP contribution in [0.1, 0.15) is 17.5 Å². The molecule has 0 saturated carbocycles. The van der Waals surface area contributed by atoms with E-state index in [1.165, 1.54) is 4.31 Å². The molecule has 6 heteroatoms. The maximum atomic E-state index is 12.4. The zero-order chi connectivity index (χ0) is 15.5. The molecule has 2 rings (SSSR count). The molecule has 1 fully saturated rings. The molecule has 1 aromatic rings. The molecular formula is C15H25N3O2S. The van der Waals surface area contributed by atoms with E-state index in [0.29, 0.717) is 19.0 Å². The Kier molecular flexibility index (Phi) is 5.37. The Balaban J connectivity index is 1.96. The molecule has 21 heavy (non-hydrogen) atoms. The summed E-state index contributed by atoms with van der Waals surface area (Å²) < 4.78 is 26.3. The van der Waals surface area contributed by atoms with Crippen molar-refractivity contribution >= 4 is 10.0 Å². The first-order valence-corrected chi connectivity index (χ1v) is 8.92. The van der Waals surface area contributed by atoms with E-state index in [1.807, 2.05) is 24.3 Å². The van der Waals surface area contributed by atoms with Gasteiger partial charge in [-0.05, 0) is 37.1 Å². The van der Waals surface area contributed by atoms with Crippen LogP contribution in [0, 0.1) is 5.92 Å². The summed E-state index contributed by atoms with van der Waals surface area (Å²) in [5, 5.41) is 0. The Hall–Kier alpha value is -0.950. The van der Waals surface area contributed by atoms with Crippen molar-refractivity contribution in [2.75, 3.05) is 33.7 Å². The van der Waals surface area contributed by atoms with Crippen molar-refractivity contribution in [2.45, 2.75) is 18.7 Å². The topological polar surface area (TPSA) is 66.6 Å².